The molecule has 5 nitrogen and oxygen atoms in total. The smallest absolute Gasteiger partial charge is 0.179 e. The number of aliphatic hydroxyl groups excluding tert-OH is 1. The molecule has 2 N–H and O–H groups in total. The van der Waals surface area contributed by atoms with Crippen LogP contribution >= 0.6 is 0 Å². The van der Waals surface area contributed by atoms with Crippen LogP contribution in [-0.4, -0.2) is 39.0 Å². The number of nitrogens with zero attached hydrogens (tertiary/aromatic N) is 1. The standard InChI is InChI=1S/C13H18N2O3S/c1-11(10-16)9-15-5-6-19(17,18)13-4-2-3-12(7-13)8-14/h2-4,7,11,15-16H,5-6,9-10H2,1H3. The highest BCUT2D eigenvalue weighted by Gasteiger charge is 2.14. The van der Waals surface area contributed by atoms with Crippen LogP contribution in [0.2, 0.25) is 0 Å². The predicted molar refractivity (Wildman–Crippen MR) is 72.3 cm³/mol. The SMILES string of the molecule is CC(CO)CNCCS(=O)(=O)c1cccc(C#N)c1. The van der Waals surface area contributed by atoms with Gasteiger partial charge >= 0.3 is 0 Å². The van der Waals surface area contributed by atoms with Crippen LogP contribution in [0.5, 0.6) is 0 Å². The fourth-order valence-electron chi connectivity index (χ4n) is 1.50. The normalized spacial score (nSPS) is 12.9. The van der Waals surface area contributed by atoms with Crippen LogP contribution in [0, 0.1) is 17.2 Å². The molecule has 0 bridgehead atoms. The molecule has 104 valence electrons. The molecule has 0 heterocycles. The number of aliphatic hydroxyl groups is 1. The van der Waals surface area contributed by atoms with Gasteiger partial charge in [-0.2, -0.15) is 5.26 Å². The van der Waals surface area contributed by atoms with Crippen molar-refractivity contribution in [2.45, 2.75) is 11.8 Å². The first-order valence-corrected chi connectivity index (χ1v) is 7.69. The molecule has 0 aromatic heterocycles. The maximum atomic E-state index is 12.0. The fraction of sp³-hybridized carbons (Fsp3) is 0.462. The Balaban J connectivity index is 2.59. The van der Waals surface area contributed by atoms with E-state index in [1.807, 2.05) is 13.0 Å². The van der Waals surface area contributed by atoms with Gasteiger partial charge in [0.2, 0.25) is 0 Å². The van der Waals surface area contributed by atoms with Crippen LogP contribution < -0.4 is 5.32 Å². The Labute approximate surface area is 113 Å². The molecule has 0 saturated heterocycles. The Hall–Kier alpha value is -1.42. The molecule has 1 aromatic rings. The first-order chi connectivity index (χ1) is 8.99. The van der Waals surface area contributed by atoms with E-state index in [9.17, 15) is 8.42 Å². The van der Waals surface area contributed by atoms with Gasteiger partial charge < -0.3 is 10.4 Å². The third-order valence-corrected chi connectivity index (χ3v) is 4.39. The molecule has 0 aliphatic heterocycles. The lowest BCUT2D eigenvalue weighted by Crippen LogP contribution is -2.28. The summed E-state index contributed by atoms with van der Waals surface area (Å²) in [4.78, 5) is 0.170. The minimum Gasteiger partial charge on any atom is -0.396 e. The van der Waals surface area contributed by atoms with Crippen LogP contribution in [-0.2, 0) is 9.84 Å². The number of rotatable bonds is 7. The number of benzene rings is 1. The van der Waals surface area contributed by atoms with E-state index < -0.39 is 9.84 Å². The summed E-state index contributed by atoms with van der Waals surface area (Å²) in [5, 5.41) is 20.6. The highest BCUT2D eigenvalue weighted by molar-refractivity contribution is 7.91. The molecule has 0 fully saturated rings. The van der Waals surface area contributed by atoms with E-state index >= 15 is 0 Å². The zero-order valence-electron chi connectivity index (χ0n) is 10.8. The molecule has 0 aliphatic rings. The van der Waals surface area contributed by atoms with Crippen molar-refractivity contribution in [1.29, 1.82) is 5.26 Å². The van der Waals surface area contributed by atoms with E-state index in [0.29, 0.717) is 18.7 Å². The lowest BCUT2D eigenvalue weighted by Gasteiger charge is -2.10. The largest absolute Gasteiger partial charge is 0.396 e. The average molecular weight is 282 g/mol. The topological polar surface area (TPSA) is 90.2 Å². The van der Waals surface area contributed by atoms with Crippen molar-refractivity contribution < 1.29 is 13.5 Å². The van der Waals surface area contributed by atoms with Gasteiger partial charge in [-0.3, -0.25) is 0 Å². The van der Waals surface area contributed by atoms with Gasteiger partial charge in [0.1, 0.15) is 0 Å². The summed E-state index contributed by atoms with van der Waals surface area (Å²) < 4.78 is 24.0. The summed E-state index contributed by atoms with van der Waals surface area (Å²) >= 11 is 0. The third kappa shape index (κ3) is 4.99. The average Bonchev–Trinajstić information content (AvgIpc) is 2.43. The second-order valence-corrected chi connectivity index (χ2v) is 6.56. The zero-order valence-corrected chi connectivity index (χ0v) is 11.7. The second-order valence-electron chi connectivity index (χ2n) is 4.45. The second kappa shape index (κ2) is 7.24. The van der Waals surface area contributed by atoms with Gasteiger partial charge in [-0.1, -0.05) is 13.0 Å². The minimum atomic E-state index is -3.37. The van der Waals surface area contributed by atoms with Gasteiger partial charge in [0.05, 0.1) is 22.3 Å². The molecule has 0 saturated carbocycles. The van der Waals surface area contributed by atoms with Gasteiger partial charge in [0.25, 0.3) is 0 Å². The molecular weight excluding hydrogens is 264 g/mol. The molecule has 1 rings (SSSR count). The first-order valence-electron chi connectivity index (χ1n) is 6.04. The molecule has 0 amide bonds. The van der Waals surface area contributed by atoms with Crippen molar-refractivity contribution >= 4 is 9.84 Å². The van der Waals surface area contributed by atoms with Crippen molar-refractivity contribution in [3.63, 3.8) is 0 Å². The Morgan fingerprint density at radius 2 is 2.21 bits per heavy atom. The van der Waals surface area contributed by atoms with Gasteiger partial charge in [-0.05, 0) is 30.7 Å². The van der Waals surface area contributed by atoms with E-state index in [2.05, 4.69) is 5.32 Å². The molecular formula is C13H18N2O3S. The van der Waals surface area contributed by atoms with Crippen molar-refractivity contribution in [3.05, 3.63) is 29.8 Å². The van der Waals surface area contributed by atoms with Gasteiger partial charge in [0, 0.05) is 13.2 Å². The third-order valence-electron chi connectivity index (χ3n) is 2.67. The van der Waals surface area contributed by atoms with Crippen LogP contribution in [0.4, 0.5) is 0 Å². The minimum absolute atomic E-state index is 0.0277. The predicted octanol–water partition coefficient (Wildman–Crippen LogP) is 0.550. The van der Waals surface area contributed by atoms with Gasteiger partial charge in [0.15, 0.2) is 9.84 Å². The van der Waals surface area contributed by atoms with E-state index in [-0.39, 0.29) is 23.2 Å². The van der Waals surface area contributed by atoms with Crippen LogP contribution in [0.3, 0.4) is 0 Å². The molecule has 0 spiro atoms. The van der Waals surface area contributed by atoms with Crippen LogP contribution in [0.25, 0.3) is 0 Å². The Bertz CT molecular complexity index is 549. The van der Waals surface area contributed by atoms with E-state index in [4.69, 9.17) is 10.4 Å². The van der Waals surface area contributed by atoms with Gasteiger partial charge in [-0.15, -0.1) is 0 Å². The van der Waals surface area contributed by atoms with Crippen LogP contribution in [0.15, 0.2) is 29.2 Å². The summed E-state index contributed by atoms with van der Waals surface area (Å²) in [6.45, 7) is 2.84. The maximum absolute atomic E-state index is 12.0. The molecule has 1 unspecified atom stereocenters. The highest BCUT2D eigenvalue weighted by atomic mass is 32.2. The molecule has 0 radical (unpaired) electrons. The number of hydrogen-bond acceptors (Lipinski definition) is 5. The molecule has 0 aliphatic carbocycles. The Morgan fingerprint density at radius 1 is 1.47 bits per heavy atom. The summed E-state index contributed by atoms with van der Waals surface area (Å²) in [6, 6.07) is 7.93. The summed E-state index contributed by atoms with van der Waals surface area (Å²) in [6.07, 6.45) is 0. The maximum Gasteiger partial charge on any atom is 0.179 e. The van der Waals surface area contributed by atoms with Crippen molar-refractivity contribution in [2.24, 2.45) is 5.92 Å². The molecule has 6 heteroatoms. The number of nitrogens with one attached hydrogen (secondary N) is 1. The summed E-state index contributed by atoms with van der Waals surface area (Å²) in [5.74, 6) is 0.0738. The summed E-state index contributed by atoms with van der Waals surface area (Å²) in [5.41, 5.74) is 0.336. The van der Waals surface area contributed by atoms with Crippen LogP contribution in [0.1, 0.15) is 12.5 Å². The number of hydrogen-bond donors (Lipinski definition) is 2. The van der Waals surface area contributed by atoms with Gasteiger partial charge in [-0.25, -0.2) is 8.42 Å². The quantitative estimate of drug-likeness (QED) is 0.713. The van der Waals surface area contributed by atoms with Crippen molar-refractivity contribution in [3.8, 4) is 6.07 Å². The van der Waals surface area contributed by atoms with Crippen molar-refractivity contribution in [2.75, 3.05) is 25.4 Å². The summed E-state index contributed by atoms with van der Waals surface area (Å²) in [7, 11) is -3.37. The zero-order chi connectivity index (χ0) is 14.3. The first kappa shape index (κ1) is 15.6. The monoisotopic (exact) mass is 282 g/mol. The molecule has 1 aromatic carbocycles. The fourth-order valence-corrected chi connectivity index (χ4v) is 2.74. The molecule has 1 atom stereocenters. The Kier molecular flexibility index (Phi) is 5.96. The van der Waals surface area contributed by atoms with E-state index in [1.54, 1.807) is 12.1 Å². The van der Waals surface area contributed by atoms with E-state index in [1.165, 1.54) is 12.1 Å². The van der Waals surface area contributed by atoms with E-state index in [0.717, 1.165) is 0 Å². The Morgan fingerprint density at radius 3 is 2.84 bits per heavy atom. The number of sulfone groups is 1. The molecule has 19 heavy (non-hydrogen) atoms. The lowest BCUT2D eigenvalue weighted by atomic mass is 10.2. The number of nitriles is 1. The van der Waals surface area contributed by atoms with Crippen molar-refractivity contribution in [1.82, 2.24) is 5.32 Å². The highest BCUT2D eigenvalue weighted by Crippen LogP contribution is 2.12. The lowest BCUT2D eigenvalue weighted by molar-refractivity contribution is 0.234.